The highest BCUT2D eigenvalue weighted by Crippen LogP contribution is 2.52. The summed E-state index contributed by atoms with van der Waals surface area (Å²) in [5.74, 6) is 0.699. The monoisotopic (exact) mass is 255 g/mol. The van der Waals surface area contributed by atoms with Crippen LogP contribution in [0.2, 0.25) is 0 Å². The average molecular weight is 255 g/mol. The SMILES string of the molecule is CCCC1CC(O)(C2(CN)CCC(C)C2)CCO1. The molecule has 0 radical (unpaired) electrons. The Balaban J connectivity index is 2.13. The Morgan fingerprint density at radius 3 is 2.67 bits per heavy atom. The highest BCUT2D eigenvalue weighted by molar-refractivity contribution is 5.05. The summed E-state index contributed by atoms with van der Waals surface area (Å²) >= 11 is 0. The summed E-state index contributed by atoms with van der Waals surface area (Å²) in [7, 11) is 0. The van der Waals surface area contributed by atoms with E-state index < -0.39 is 5.60 Å². The molecule has 4 atom stereocenters. The lowest BCUT2D eigenvalue weighted by Gasteiger charge is -2.49. The Morgan fingerprint density at radius 1 is 1.33 bits per heavy atom. The van der Waals surface area contributed by atoms with E-state index in [1.54, 1.807) is 0 Å². The molecule has 0 aromatic heterocycles. The van der Waals surface area contributed by atoms with Crippen molar-refractivity contribution in [3.63, 3.8) is 0 Å². The summed E-state index contributed by atoms with van der Waals surface area (Å²) in [6, 6.07) is 0. The molecule has 1 aliphatic carbocycles. The van der Waals surface area contributed by atoms with E-state index in [2.05, 4.69) is 13.8 Å². The molecule has 3 nitrogen and oxygen atoms in total. The van der Waals surface area contributed by atoms with Gasteiger partial charge in [-0.25, -0.2) is 0 Å². The molecule has 0 bridgehead atoms. The number of ether oxygens (including phenoxy) is 1. The molecule has 0 aromatic carbocycles. The van der Waals surface area contributed by atoms with E-state index >= 15 is 0 Å². The van der Waals surface area contributed by atoms with Crippen molar-refractivity contribution < 1.29 is 9.84 Å². The molecule has 2 fully saturated rings. The van der Waals surface area contributed by atoms with E-state index in [4.69, 9.17) is 10.5 Å². The molecule has 1 saturated heterocycles. The molecule has 106 valence electrons. The molecule has 4 unspecified atom stereocenters. The van der Waals surface area contributed by atoms with Gasteiger partial charge in [-0.15, -0.1) is 0 Å². The van der Waals surface area contributed by atoms with Crippen molar-refractivity contribution in [2.24, 2.45) is 17.1 Å². The maximum Gasteiger partial charge on any atom is 0.0762 e. The van der Waals surface area contributed by atoms with Gasteiger partial charge in [-0.1, -0.05) is 26.7 Å². The van der Waals surface area contributed by atoms with E-state index in [0.29, 0.717) is 19.1 Å². The lowest BCUT2D eigenvalue weighted by molar-refractivity contribution is -0.166. The quantitative estimate of drug-likeness (QED) is 0.811. The summed E-state index contributed by atoms with van der Waals surface area (Å²) in [6.45, 7) is 5.76. The Hall–Kier alpha value is -0.120. The van der Waals surface area contributed by atoms with Crippen LogP contribution in [0.1, 0.15) is 58.8 Å². The van der Waals surface area contributed by atoms with Crippen LogP contribution in [0.5, 0.6) is 0 Å². The van der Waals surface area contributed by atoms with Crippen molar-refractivity contribution in [1.29, 1.82) is 0 Å². The Kier molecular flexibility index (Phi) is 4.35. The van der Waals surface area contributed by atoms with Gasteiger partial charge in [-0.05, 0) is 25.2 Å². The molecule has 1 aliphatic heterocycles. The third kappa shape index (κ3) is 2.45. The second-order valence-corrected chi connectivity index (χ2v) is 6.60. The van der Waals surface area contributed by atoms with Crippen LogP contribution in [0.3, 0.4) is 0 Å². The average Bonchev–Trinajstić information content (AvgIpc) is 2.73. The molecule has 3 N–H and O–H groups in total. The van der Waals surface area contributed by atoms with Crippen LogP contribution >= 0.6 is 0 Å². The Labute approximate surface area is 111 Å². The molecular weight excluding hydrogens is 226 g/mol. The summed E-state index contributed by atoms with van der Waals surface area (Å²) < 4.78 is 5.79. The molecule has 18 heavy (non-hydrogen) atoms. The van der Waals surface area contributed by atoms with Gasteiger partial charge < -0.3 is 15.6 Å². The van der Waals surface area contributed by atoms with Crippen molar-refractivity contribution in [3.05, 3.63) is 0 Å². The maximum absolute atomic E-state index is 11.2. The van der Waals surface area contributed by atoms with Crippen LogP contribution < -0.4 is 5.73 Å². The summed E-state index contributed by atoms with van der Waals surface area (Å²) in [4.78, 5) is 0. The van der Waals surface area contributed by atoms with Crippen LogP contribution in [-0.4, -0.2) is 30.0 Å². The molecule has 2 aliphatic rings. The minimum Gasteiger partial charge on any atom is -0.389 e. The van der Waals surface area contributed by atoms with Crippen molar-refractivity contribution in [3.8, 4) is 0 Å². The molecule has 3 heteroatoms. The molecule has 0 spiro atoms. The van der Waals surface area contributed by atoms with E-state index in [9.17, 15) is 5.11 Å². The third-order valence-electron chi connectivity index (χ3n) is 5.28. The predicted molar refractivity (Wildman–Crippen MR) is 73.3 cm³/mol. The number of hydrogen-bond acceptors (Lipinski definition) is 3. The number of aliphatic hydroxyl groups is 1. The van der Waals surface area contributed by atoms with Crippen LogP contribution in [-0.2, 0) is 4.74 Å². The molecule has 0 aromatic rings. The molecular formula is C15H29NO2. The zero-order chi connectivity index (χ0) is 13.2. The topological polar surface area (TPSA) is 55.5 Å². The number of nitrogens with two attached hydrogens (primary N) is 1. The zero-order valence-electron chi connectivity index (χ0n) is 12.0. The van der Waals surface area contributed by atoms with Gasteiger partial charge >= 0.3 is 0 Å². The lowest BCUT2D eigenvalue weighted by Crippen LogP contribution is -2.56. The summed E-state index contributed by atoms with van der Waals surface area (Å²) in [6.07, 6.45) is 7.32. The zero-order valence-corrected chi connectivity index (χ0v) is 12.0. The Morgan fingerprint density at radius 2 is 2.11 bits per heavy atom. The third-order valence-corrected chi connectivity index (χ3v) is 5.28. The fraction of sp³-hybridized carbons (Fsp3) is 1.00. The van der Waals surface area contributed by atoms with Gasteiger partial charge in [0.2, 0.25) is 0 Å². The van der Waals surface area contributed by atoms with Crippen LogP contribution in [0.15, 0.2) is 0 Å². The molecule has 2 rings (SSSR count). The smallest absolute Gasteiger partial charge is 0.0762 e. The first-order valence-electron chi connectivity index (χ1n) is 7.59. The Bertz CT molecular complexity index is 282. The molecule has 1 heterocycles. The predicted octanol–water partition coefficient (Wildman–Crippen LogP) is 2.46. The second-order valence-electron chi connectivity index (χ2n) is 6.60. The highest BCUT2D eigenvalue weighted by atomic mass is 16.5. The first kappa shape index (κ1) is 14.3. The maximum atomic E-state index is 11.2. The van der Waals surface area contributed by atoms with Gasteiger partial charge in [-0.3, -0.25) is 0 Å². The van der Waals surface area contributed by atoms with Crippen molar-refractivity contribution in [1.82, 2.24) is 0 Å². The fourth-order valence-corrected chi connectivity index (χ4v) is 4.11. The molecule has 0 amide bonds. The van der Waals surface area contributed by atoms with Crippen molar-refractivity contribution in [2.45, 2.75) is 70.5 Å². The van der Waals surface area contributed by atoms with E-state index in [0.717, 1.165) is 38.5 Å². The minimum atomic E-state index is -0.593. The van der Waals surface area contributed by atoms with Crippen LogP contribution in [0.25, 0.3) is 0 Å². The largest absolute Gasteiger partial charge is 0.389 e. The normalized spacial score (nSPS) is 45.3. The second kappa shape index (κ2) is 5.48. The van der Waals surface area contributed by atoms with E-state index in [1.807, 2.05) is 0 Å². The van der Waals surface area contributed by atoms with E-state index in [1.165, 1.54) is 6.42 Å². The lowest BCUT2D eigenvalue weighted by atomic mass is 9.65. The van der Waals surface area contributed by atoms with Gasteiger partial charge in [0.25, 0.3) is 0 Å². The van der Waals surface area contributed by atoms with E-state index in [-0.39, 0.29) is 11.5 Å². The summed E-state index contributed by atoms with van der Waals surface area (Å²) in [5, 5.41) is 11.2. The fourth-order valence-electron chi connectivity index (χ4n) is 4.11. The van der Waals surface area contributed by atoms with Crippen LogP contribution in [0.4, 0.5) is 0 Å². The first-order chi connectivity index (χ1) is 8.55. The van der Waals surface area contributed by atoms with Gasteiger partial charge in [0.1, 0.15) is 0 Å². The van der Waals surface area contributed by atoms with Gasteiger partial charge in [0.15, 0.2) is 0 Å². The minimum absolute atomic E-state index is 0.0534. The van der Waals surface area contributed by atoms with Gasteiger partial charge in [-0.2, -0.15) is 0 Å². The highest BCUT2D eigenvalue weighted by Gasteiger charge is 2.54. The van der Waals surface area contributed by atoms with Gasteiger partial charge in [0.05, 0.1) is 11.7 Å². The van der Waals surface area contributed by atoms with Gasteiger partial charge in [0, 0.05) is 31.4 Å². The standard InChI is InChI=1S/C15H29NO2/c1-3-4-13-10-15(17,7-8-18-13)14(11-16)6-5-12(2)9-14/h12-13,17H,3-11,16H2,1-2H3. The van der Waals surface area contributed by atoms with Crippen molar-refractivity contribution in [2.75, 3.05) is 13.2 Å². The first-order valence-corrected chi connectivity index (χ1v) is 7.59. The van der Waals surface area contributed by atoms with Crippen LogP contribution in [0, 0.1) is 11.3 Å². The number of hydrogen-bond donors (Lipinski definition) is 2. The summed E-state index contributed by atoms with van der Waals surface area (Å²) in [5.41, 5.74) is 5.42. The van der Waals surface area contributed by atoms with Crippen molar-refractivity contribution >= 4 is 0 Å². The number of rotatable bonds is 4. The molecule has 1 saturated carbocycles.